The molecule has 1 saturated carbocycles. The summed E-state index contributed by atoms with van der Waals surface area (Å²) in [6.45, 7) is 1.96. The normalized spacial score (nSPS) is 16.7. The van der Waals surface area contributed by atoms with Gasteiger partial charge in [-0.2, -0.15) is 5.26 Å². The molecule has 0 N–H and O–H groups in total. The van der Waals surface area contributed by atoms with Gasteiger partial charge in [0, 0.05) is 5.02 Å². The Bertz CT molecular complexity index is 783. The molecule has 1 aromatic heterocycles. The Labute approximate surface area is 131 Å². The van der Waals surface area contributed by atoms with Crippen LogP contribution in [0.5, 0.6) is 0 Å². The number of thiazole rings is 1. The van der Waals surface area contributed by atoms with Crippen molar-refractivity contribution in [3.63, 3.8) is 0 Å². The highest BCUT2D eigenvalue weighted by Crippen LogP contribution is 2.37. The molecule has 1 heterocycles. The van der Waals surface area contributed by atoms with Crippen molar-refractivity contribution in [3.8, 4) is 6.07 Å². The van der Waals surface area contributed by atoms with Crippen LogP contribution in [0.4, 0.5) is 0 Å². The van der Waals surface area contributed by atoms with Crippen LogP contribution in [0.15, 0.2) is 29.8 Å². The lowest BCUT2D eigenvalue weighted by molar-refractivity contribution is -0.114. The van der Waals surface area contributed by atoms with Crippen LogP contribution in [-0.4, -0.2) is 10.8 Å². The lowest BCUT2D eigenvalue weighted by Crippen LogP contribution is -2.08. The van der Waals surface area contributed by atoms with Crippen molar-refractivity contribution >= 4 is 38.9 Å². The number of nitrogens with zero attached hydrogens (tertiary/aromatic N) is 2. The molecule has 5 heteroatoms. The van der Waals surface area contributed by atoms with Crippen molar-refractivity contribution in [2.45, 2.75) is 25.7 Å². The molecule has 1 aliphatic rings. The summed E-state index contributed by atoms with van der Waals surface area (Å²) in [5.74, 6) is -0.468. The van der Waals surface area contributed by atoms with Crippen molar-refractivity contribution in [1.29, 1.82) is 5.26 Å². The van der Waals surface area contributed by atoms with Crippen molar-refractivity contribution in [2.75, 3.05) is 0 Å². The fourth-order valence-electron chi connectivity index (χ4n) is 2.25. The van der Waals surface area contributed by atoms with Crippen LogP contribution in [0.3, 0.4) is 0 Å². The number of hydrogen-bond donors (Lipinski definition) is 0. The van der Waals surface area contributed by atoms with E-state index in [1.807, 2.05) is 13.0 Å². The zero-order valence-corrected chi connectivity index (χ0v) is 13.0. The van der Waals surface area contributed by atoms with E-state index in [0.717, 1.165) is 28.6 Å². The minimum atomic E-state index is -0.824. The van der Waals surface area contributed by atoms with Gasteiger partial charge in [0.15, 0.2) is 11.7 Å². The summed E-state index contributed by atoms with van der Waals surface area (Å²) in [5.41, 5.74) is 1.81. The molecule has 3 nitrogen and oxygen atoms in total. The van der Waals surface area contributed by atoms with Gasteiger partial charge in [-0.25, -0.2) is 4.98 Å². The van der Waals surface area contributed by atoms with Gasteiger partial charge in [0.2, 0.25) is 0 Å². The van der Waals surface area contributed by atoms with E-state index >= 15 is 0 Å². The van der Waals surface area contributed by atoms with E-state index in [-0.39, 0.29) is 5.78 Å². The third-order valence-electron chi connectivity index (χ3n) is 3.62. The molecule has 0 amide bonds. The Morgan fingerprint density at radius 3 is 3.00 bits per heavy atom. The van der Waals surface area contributed by atoms with Gasteiger partial charge >= 0.3 is 0 Å². The number of hydrogen-bond acceptors (Lipinski definition) is 4. The zero-order valence-electron chi connectivity index (χ0n) is 11.5. The molecular weight excluding hydrogens is 304 g/mol. The Balaban J connectivity index is 1.92. The lowest BCUT2D eigenvalue weighted by atomic mass is 10.0. The molecule has 2 aromatic rings. The van der Waals surface area contributed by atoms with Gasteiger partial charge in [0.25, 0.3) is 0 Å². The first-order chi connectivity index (χ1) is 10.1. The second-order valence-electron chi connectivity index (χ2n) is 5.29. The molecule has 0 aliphatic heterocycles. The predicted molar refractivity (Wildman–Crippen MR) is 84.5 cm³/mol. The highest BCUT2D eigenvalue weighted by Gasteiger charge is 2.27. The maximum Gasteiger partial charge on any atom is 0.179 e. The van der Waals surface area contributed by atoms with Gasteiger partial charge in [-0.15, -0.1) is 11.3 Å². The van der Waals surface area contributed by atoms with E-state index in [0.29, 0.717) is 15.9 Å². The largest absolute Gasteiger partial charge is 0.293 e. The molecule has 106 valence electrons. The Kier molecular flexibility index (Phi) is 3.79. The number of aromatic nitrogens is 1. The Morgan fingerprint density at radius 2 is 2.33 bits per heavy atom. The van der Waals surface area contributed by atoms with Gasteiger partial charge < -0.3 is 0 Å². The zero-order chi connectivity index (χ0) is 15.0. The van der Waals surface area contributed by atoms with Crippen LogP contribution in [0.1, 0.15) is 30.7 Å². The molecule has 0 unspecified atom stereocenters. The smallest absolute Gasteiger partial charge is 0.179 e. The summed E-state index contributed by atoms with van der Waals surface area (Å²) < 4.78 is 0.936. The first-order valence-corrected chi connectivity index (χ1v) is 7.95. The van der Waals surface area contributed by atoms with Gasteiger partial charge in [0.1, 0.15) is 5.01 Å². The van der Waals surface area contributed by atoms with Crippen LogP contribution in [-0.2, 0) is 4.79 Å². The molecule has 0 radical (unpaired) electrons. The molecule has 0 spiro atoms. The van der Waals surface area contributed by atoms with E-state index < -0.39 is 5.92 Å². The van der Waals surface area contributed by atoms with Gasteiger partial charge in [-0.05, 0) is 50.0 Å². The second kappa shape index (κ2) is 5.59. The second-order valence-corrected chi connectivity index (χ2v) is 6.79. The fourth-order valence-corrected chi connectivity index (χ4v) is 3.41. The standard InChI is InChI=1S/C16H13ClN2OS/c1-9(10-2-3-10)6-14(20)12(8-18)16-19-13-7-11(17)4-5-15(13)21-16/h4-7,10,12H,2-3H2,1H3/b9-6+/t12-/m1/s1. The lowest BCUT2D eigenvalue weighted by Gasteiger charge is -2.02. The number of allylic oxidation sites excluding steroid dienone is 2. The van der Waals surface area contributed by atoms with Crippen LogP contribution >= 0.6 is 22.9 Å². The van der Waals surface area contributed by atoms with Crippen LogP contribution in [0, 0.1) is 17.2 Å². The Morgan fingerprint density at radius 1 is 1.57 bits per heavy atom. The summed E-state index contributed by atoms with van der Waals surface area (Å²) in [6, 6.07) is 7.48. The minimum absolute atomic E-state index is 0.174. The number of ketones is 1. The number of halogens is 1. The molecular formula is C16H13ClN2OS. The van der Waals surface area contributed by atoms with E-state index in [1.54, 1.807) is 18.2 Å². The average molecular weight is 317 g/mol. The molecule has 21 heavy (non-hydrogen) atoms. The first-order valence-electron chi connectivity index (χ1n) is 6.76. The number of nitriles is 1. The Hall–Kier alpha value is -1.70. The van der Waals surface area contributed by atoms with Crippen LogP contribution in [0.25, 0.3) is 10.2 Å². The maximum absolute atomic E-state index is 12.3. The fraction of sp³-hybridized carbons (Fsp3) is 0.312. The minimum Gasteiger partial charge on any atom is -0.293 e. The van der Waals surface area contributed by atoms with Crippen LogP contribution < -0.4 is 0 Å². The number of rotatable bonds is 4. The van der Waals surface area contributed by atoms with Gasteiger partial charge in [-0.1, -0.05) is 17.2 Å². The summed E-state index contributed by atoms with van der Waals surface area (Å²) in [6.07, 6.45) is 3.91. The SMILES string of the molecule is C/C(=C\C(=O)[C@@H](C#N)c1nc2cc(Cl)ccc2s1)C1CC1. The third kappa shape index (κ3) is 2.99. The summed E-state index contributed by atoms with van der Waals surface area (Å²) >= 11 is 7.31. The summed E-state index contributed by atoms with van der Waals surface area (Å²) in [5, 5.41) is 10.5. The number of carbonyl (C=O) groups is 1. The maximum atomic E-state index is 12.3. The highest BCUT2D eigenvalue weighted by atomic mass is 35.5. The molecule has 0 bridgehead atoms. The number of benzene rings is 1. The van der Waals surface area contributed by atoms with Crippen molar-refractivity contribution in [1.82, 2.24) is 4.98 Å². The quantitative estimate of drug-likeness (QED) is 0.781. The molecule has 1 fully saturated rings. The van der Waals surface area contributed by atoms with E-state index in [1.165, 1.54) is 11.3 Å². The summed E-state index contributed by atoms with van der Waals surface area (Å²) in [4.78, 5) is 16.7. The molecule has 1 aliphatic carbocycles. The topological polar surface area (TPSA) is 53.8 Å². The highest BCUT2D eigenvalue weighted by molar-refractivity contribution is 7.18. The van der Waals surface area contributed by atoms with Crippen LogP contribution in [0.2, 0.25) is 5.02 Å². The summed E-state index contributed by atoms with van der Waals surface area (Å²) in [7, 11) is 0. The third-order valence-corrected chi connectivity index (χ3v) is 4.95. The van der Waals surface area contributed by atoms with E-state index in [9.17, 15) is 10.1 Å². The average Bonchev–Trinajstić information content (AvgIpc) is 3.21. The predicted octanol–water partition coefficient (Wildman–Crippen LogP) is 4.48. The van der Waals surface area contributed by atoms with Gasteiger partial charge in [0.05, 0.1) is 16.3 Å². The van der Waals surface area contributed by atoms with Crippen molar-refractivity contribution < 1.29 is 4.79 Å². The van der Waals surface area contributed by atoms with Crippen molar-refractivity contribution in [2.24, 2.45) is 5.92 Å². The molecule has 1 aromatic carbocycles. The van der Waals surface area contributed by atoms with E-state index in [2.05, 4.69) is 11.1 Å². The van der Waals surface area contributed by atoms with Crippen molar-refractivity contribution in [3.05, 3.63) is 39.9 Å². The number of fused-ring (bicyclic) bond motifs is 1. The van der Waals surface area contributed by atoms with E-state index in [4.69, 9.17) is 11.6 Å². The van der Waals surface area contributed by atoms with Gasteiger partial charge in [-0.3, -0.25) is 4.79 Å². The monoisotopic (exact) mass is 316 g/mol. The molecule has 1 atom stereocenters. The molecule has 3 rings (SSSR count). The molecule has 0 saturated heterocycles. The number of carbonyl (C=O) groups excluding carboxylic acids is 1. The first kappa shape index (κ1) is 14.2.